The van der Waals surface area contributed by atoms with Gasteiger partial charge in [0.1, 0.15) is 17.4 Å². The van der Waals surface area contributed by atoms with Gasteiger partial charge in [-0.05, 0) is 61.9 Å². The van der Waals surface area contributed by atoms with E-state index in [1.54, 1.807) is 6.26 Å². The molecule has 2 aliphatic rings. The Morgan fingerprint density at radius 3 is 2.57 bits per heavy atom. The molecule has 0 aliphatic carbocycles. The third-order valence-corrected chi connectivity index (χ3v) is 6.26. The van der Waals surface area contributed by atoms with Gasteiger partial charge < -0.3 is 24.9 Å². The highest BCUT2D eigenvalue weighted by molar-refractivity contribution is 7.80. The van der Waals surface area contributed by atoms with E-state index in [1.807, 2.05) is 12.1 Å². The van der Waals surface area contributed by atoms with E-state index in [-0.39, 0.29) is 0 Å². The molecule has 2 aromatic rings. The van der Waals surface area contributed by atoms with E-state index in [1.165, 1.54) is 25.7 Å². The van der Waals surface area contributed by atoms with E-state index in [4.69, 9.17) is 26.6 Å². The molecule has 2 saturated heterocycles. The molecule has 30 heavy (non-hydrogen) atoms. The molecule has 2 fully saturated rings. The molecule has 0 unspecified atom stereocenters. The van der Waals surface area contributed by atoms with Crippen molar-refractivity contribution in [2.45, 2.75) is 46.1 Å². The number of piperidine rings is 2. The first-order chi connectivity index (χ1) is 14.6. The topological polar surface area (TPSA) is 69.5 Å². The first kappa shape index (κ1) is 20.9. The average molecular weight is 429 g/mol. The van der Waals surface area contributed by atoms with Crippen molar-refractivity contribution in [1.82, 2.24) is 15.3 Å². The number of rotatable bonds is 5. The van der Waals surface area contributed by atoms with Gasteiger partial charge in [-0.2, -0.15) is 9.97 Å². The Kier molecular flexibility index (Phi) is 6.72. The van der Waals surface area contributed by atoms with Gasteiger partial charge in [0.2, 0.25) is 5.95 Å². The molecule has 8 heteroatoms. The molecule has 4 heterocycles. The summed E-state index contributed by atoms with van der Waals surface area (Å²) < 4.78 is 5.36. The third kappa shape index (κ3) is 5.41. The Hall–Kier alpha value is -2.35. The number of nitrogens with zero attached hydrogens (tertiary/aromatic N) is 4. The van der Waals surface area contributed by atoms with Crippen LogP contribution in [-0.4, -0.2) is 41.3 Å². The molecule has 0 radical (unpaired) electrons. The SMILES string of the molecule is CC1CCN(c2cc(N3CCC[C@@H](C)C3)nc(NC(=S)NCc3ccco3)n2)CC1. The van der Waals surface area contributed by atoms with Crippen LogP contribution in [0.3, 0.4) is 0 Å². The summed E-state index contributed by atoms with van der Waals surface area (Å²) in [6.45, 7) is 9.32. The van der Waals surface area contributed by atoms with E-state index in [2.05, 4.69) is 40.3 Å². The molecule has 4 rings (SSSR count). The second-order valence-electron chi connectivity index (χ2n) is 8.66. The smallest absolute Gasteiger partial charge is 0.232 e. The molecule has 162 valence electrons. The lowest BCUT2D eigenvalue weighted by atomic mass is 9.99. The number of aromatic nitrogens is 2. The van der Waals surface area contributed by atoms with E-state index < -0.39 is 0 Å². The summed E-state index contributed by atoms with van der Waals surface area (Å²) in [5.41, 5.74) is 0. The maximum atomic E-state index is 5.47. The van der Waals surface area contributed by atoms with Crippen LogP contribution in [0.5, 0.6) is 0 Å². The molecule has 2 aliphatic heterocycles. The van der Waals surface area contributed by atoms with Crippen LogP contribution < -0.4 is 20.4 Å². The second kappa shape index (κ2) is 9.64. The maximum Gasteiger partial charge on any atom is 0.232 e. The maximum absolute atomic E-state index is 5.47. The molecule has 0 amide bonds. The van der Waals surface area contributed by atoms with Crippen molar-refractivity contribution in [2.24, 2.45) is 11.8 Å². The molecular formula is C22H32N6OS. The van der Waals surface area contributed by atoms with E-state index >= 15 is 0 Å². The van der Waals surface area contributed by atoms with Gasteiger partial charge in [0.25, 0.3) is 0 Å². The van der Waals surface area contributed by atoms with Crippen molar-refractivity contribution in [2.75, 3.05) is 41.3 Å². The number of thiocarbonyl (C=S) groups is 1. The molecular weight excluding hydrogens is 396 g/mol. The average Bonchev–Trinajstić information content (AvgIpc) is 3.26. The molecule has 7 nitrogen and oxygen atoms in total. The fourth-order valence-electron chi connectivity index (χ4n) is 4.16. The minimum absolute atomic E-state index is 0.494. The molecule has 0 bridgehead atoms. The fourth-order valence-corrected chi connectivity index (χ4v) is 4.33. The van der Waals surface area contributed by atoms with Gasteiger partial charge in [-0.3, -0.25) is 0 Å². The summed E-state index contributed by atoms with van der Waals surface area (Å²) in [5.74, 6) is 4.82. The molecule has 0 spiro atoms. The largest absolute Gasteiger partial charge is 0.467 e. The van der Waals surface area contributed by atoms with Crippen LogP contribution in [0.4, 0.5) is 17.6 Å². The predicted molar refractivity (Wildman–Crippen MR) is 125 cm³/mol. The Bertz CT molecular complexity index is 834. The predicted octanol–water partition coefficient (Wildman–Crippen LogP) is 4.03. The van der Waals surface area contributed by atoms with Crippen molar-refractivity contribution in [3.8, 4) is 0 Å². The van der Waals surface area contributed by atoms with E-state index in [0.29, 0.717) is 23.5 Å². The van der Waals surface area contributed by atoms with Gasteiger partial charge in [0.05, 0.1) is 12.8 Å². The fraction of sp³-hybridized carbons (Fsp3) is 0.591. The lowest BCUT2D eigenvalue weighted by molar-refractivity contribution is 0.435. The number of hydrogen-bond donors (Lipinski definition) is 2. The Morgan fingerprint density at radius 1 is 1.10 bits per heavy atom. The minimum Gasteiger partial charge on any atom is -0.467 e. The molecule has 2 aromatic heterocycles. The first-order valence-corrected chi connectivity index (χ1v) is 11.4. The zero-order valence-corrected chi connectivity index (χ0v) is 18.7. The summed E-state index contributed by atoms with van der Waals surface area (Å²) >= 11 is 5.47. The number of hydrogen-bond acceptors (Lipinski definition) is 6. The highest BCUT2D eigenvalue weighted by atomic mass is 32.1. The van der Waals surface area contributed by atoms with Gasteiger partial charge in [-0.25, -0.2) is 0 Å². The zero-order valence-electron chi connectivity index (χ0n) is 17.9. The number of nitrogens with one attached hydrogen (secondary N) is 2. The van der Waals surface area contributed by atoms with Crippen molar-refractivity contribution < 1.29 is 4.42 Å². The van der Waals surface area contributed by atoms with Gasteiger partial charge >= 0.3 is 0 Å². The normalized spacial score (nSPS) is 20.3. The van der Waals surface area contributed by atoms with Crippen LogP contribution in [-0.2, 0) is 6.54 Å². The molecule has 0 aromatic carbocycles. The summed E-state index contributed by atoms with van der Waals surface area (Å²) in [5, 5.41) is 6.84. The lowest BCUT2D eigenvalue weighted by Gasteiger charge is -2.34. The van der Waals surface area contributed by atoms with Crippen LogP contribution in [0.15, 0.2) is 28.9 Å². The van der Waals surface area contributed by atoms with Crippen molar-refractivity contribution >= 4 is 34.9 Å². The van der Waals surface area contributed by atoms with Gasteiger partial charge in [-0.1, -0.05) is 13.8 Å². The van der Waals surface area contributed by atoms with Gasteiger partial charge in [0.15, 0.2) is 5.11 Å². The summed E-state index contributed by atoms with van der Waals surface area (Å²) in [6.07, 6.45) is 6.54. The van der Waals surface area contributed by atoms with Crippen molar-refractivity contribution in [3.05, 3.63) is 30.2 Å². The Morgan fingerprint density at radius 2 is 1.87 bits per heavy atom. The Balaban J connectivity index is 1.51. The zero-order chi connectivity index (χ0) is 20.9. The van der Waals surface area contributed by atoms with Crippen LogP contribution >= 0.6 is 12.2 Å². The summed E-state index contributed by atoms with van der Waals surface area (Å²) in [4.78, 5) is 14.4. The summed E-state index contributed by atoms with van der Waals surface area (Å²) in [7, 11) is 0. The van der Waals surface area contributed by atoms with Crippen LogP contribution in [0.2, 0.25) is 0 Å². The van der Waals surface area contributed by atoms with Gasteiger partial charge in [-0.15, -0.1) is 0 Å². The van der Waals surface area contributed by atoms with E-state index in [0.717, 1.165) is 49.5 Å². The quantitative estimate of drug-likeness (QED) is 0.692. The highest BCUT2D eigenvalue weighted by Gasteiger charge is 2.22. The van der Waals surface area contributed by atoms with Gasteiger partial charge in [0, 0.05) is 32.2 Å². The van der Waals surface area contributed by atoms with Crippen LogP contribution in [0.25, 0.3) is 0 Å². The molecule has 2 N–H and O–H groups in total. The van der Waals surface area contributed by atoms with Crippen LogP contribution in [0.1, 0.15) is 45.3 Å². The first-order valence-electron chi connectivity index (χ1n) is 11.0. The van der Waals surface area contributed by atoms with E-state index in [9.17, 15) is 0 Å². The number of anilines is 3. The Labute approximate surface area is 184 Å². The highest BCUT2D eigenvalue weighted by Crippen LogP contribution is 2.28. The van der Waals surface area contributed by atoms with Crippen LogP contribution in [0, 0.1) is 11.8 Å². The molecule has 0 saturated carbocycles. The monoisotopic (exact) mass is 428 g/mol. The second-order valence-corrected chi connectivity index (χ2v) is 9.07. The standard InChI is InChI=1S/C22H32N6OS/c1-16-7-10-27(11-8-16)19-13-20(28-9-3-5-17(2)15-28)25-21(24-19)26-22(30)23-14-18-6-4-12-29-18/h4,6,12-13,16-17H,3,5,7-11,14-15H2,1-2H3,(H2,23,24,25,26,30)/t17-/m1/s1. The van der Waals surface area contributed by atoms with Crippen molar-refractivity contribution in [3.63, 3.8) is 0 Å². The number of furan rings is 1. The summed E-state index contributed by atoms with van der Waals surface area (Å²) in [6, 6.07) is 5.93. The molecule has 1 atom stereocenters. The third-order valence-electron chi connectivity index (χ3n) is 6.02. The lowest BCUT2D eigenvalue weighted by Crippen LogP contribution is -2.37. The minimum atomic E-state index is 0.494. The van der Waals surface area contributed by atoms with Crippen molar-refractivity contribution in [1.29, 1.82) is 0 Å².